The Hall–Kier alpha value is -7.74. The smallest absolute Gasteiger partial charge is 0.0714 e. The summed E-state index contributed by atoms with van der Waals surface area (Å²) in [4.78, 5) is 1.24. The first kappa shape index (κ1) is 24.2. The van der Waals surface area contributed by atoms with Gasteiger partial charge < -0.3 is 4.90 Å². The summed E-state index contributed by atoms with van der Waals surface area (Å²) in [6.45, 7) is 0. The summed E-state index contributed by atoms with van der Waals surface area (Å²) in [7, 11) is 0. The molecule has 60 heavy (non-hydrogen) atoms. The van der Waals surface area contributed by atoms with E-state index in [1.165, 1.54) is 4.90 Å². The summed E-state index contributed by atoms with van der Waals surface area (Å²) in [5.41, 5.74) is 4.84. The second kappa shape index (κ2) is 14.9. The maximum Gasteiger partial charge on any atom is 0.0714 e. The van der Waals surface area contributed by atoms with Crippen molar-refractivity contribution in [3.63, 3.8) is 0 Å². The minimum absolute atomic E-state index is 0.00783. The van der Waals surface area contributed by atoms with Gasteiger partial charge in [0.2, 0.25) is 0 Å². The molecule has 0 atom stereocenters. The lowest BCUT2D eigenvalue weighted by molar-refractivity contribution is 0.768. The molecule has 1 aliphatic carbocycles. The zero-order valence-electron chi connectivity index (χ0n) is 45.1. The second-order valence-corrected chi connectivity index (χ2v) is 14.6. The van der Waals surface area contributed by atoms with Crippen LogP contribution < -0.4 is 4.90 Å². The Balaban J connectivity index is 1.20. The maximum absolute atomic E-state index is 9.87. The highest BCUT2D eigenvalue weighted by Crippen LogP contribution is 2.57. The molecule has 1 nitrogen and oxygen atoms in total. The zero-order chi connectivity index (χ0) is 51.2. The SMILES string of the molecule is [2H]c1c([2H])c([2H])c(-c2c([2H])c([2H])c(N(c3ccc4c(c3)C(c3ccccc3)(c3ccccc3)c3ccccc3-4)c3c([2H])c([2H])c(-c4cccc(-c5cccc6ccccc56)c4)c([2H])c3[2H])c([2H])c2[2H])c([2H])c1[2H]. The number of hydrogen-bond acceptors (Lipinski definition) is 1. The van der Waals surface area contributed by atoms with E-state index in [4.69, 9.17) is 6.85 Å². The van der Waals surface area contributed by atoms with Crippen LogP contribution in [-0.2, 0) is 5.41 Å². The first-order valence-corrected chi connectivity index (χ1v) is 19.7. The Bertz CT molecular complexity index is 3780. The molecule has 0 aromatic heterocycles. The van der Waals surface area contributed by atoms with E-state index in [-0.39, 0.29) is 16.9 Å². The third-order valence-corrected chi connectivity index (χ3v) is 11.4. The van der Waals surface area contributed by atoms with Crippen LogP contribution in [0.15, 0.2) is 248 Å². The summed E-state index contributed by atoms with van der Waals surface area (Å²) < 4.78 is 120. The van der Waals surface area contributed by atoms with Crippen molar-refractivity contribution in [1.29, 1.82) is 0 Å². The Morgan fingerprint density at radius 3 is 1.58 bits per heavy atom. The molecule has 10 aromatic rings. The molecule has 0 saturated heterocycles. The predicted octanol–water partition coefficient (Wildman–Crippen LogP) is 15.7. The van der Waals surface area contributed by atoms with Crippen LogP contribution in [0.1, 0.15) is 40.1 Å². The Morgan fingerprint density at radius 2 is 0.867 bits per heavy atom. The van der Waals surface area contributed by atoms with Gasteiger partial charge in [0.25, 0.3) is 0 Å². The highest BCUT2D eigenvalue weighted by molar-refractivity contribution is 5.97. The Kier molecular flexibility index (Phi) is 6.02. The molecular formula is C59H41N. The van der Waals surface area contributed by atoms with Crippen LogP contribution in [-0.4, -0.2) is 0 Å². The quantitative estimate of drug-likeness (QED) is 0.149. The zero-order valence-corrected chi connectivity index (χ0v) is 32.1. The predicted molar refractivity (Wildman–Crippen MR) is 252 cm³/mol. The molecule has 0 radical (unpaired) electrons. The third kappa shape index (κ3) is 5.94. The van der Waals surface area contributed by atoms with Crippen LogP contribution in [0.25, 0.3) is 55.3 Å². The van der Waals surface area contributed by atoms with E-state index in [1.54, 1.807) is 18.2 Å². The molecular weight excluding hydrogens is 723 g/mol. The van der Waals surface area contributed by atoms with Gasteiger partial charge in [-0.3, -0.25) is 0 Å². The molecule has 1 heteroatoms. The van der Waals surface area contributed by atoms with Crippen LogP contribution in [0.3, 0.4) is 0 Å². The molecule has 0 bridgehead atoms. The van der Waals surface area contributed by atoms with Gasteiger partial charge in [-0.2, -0.15) is 0 Å². The second-order valence-electron chi connectivity index (χ2n) is 14.6. The van der Waals surface area contributed by atoms with Crippen molar-refractivity contribution in [2.75, 3.05) is 4.90 Å². The lowest BCUT2D eigenvalue weighted by Gasteiger charge is -2.35. The molecule has 1 aliphatic rings. The minimum atomic E-state index is -0.969. The molecule has 0 aliphatic heterocycles. The fraction of sp³-hybridized carbons (Fsp3) is 0.0169. The highest BCUT2D eigenvalue weighted by atomic mass is 15.1. The normalized spacial score (nSPS) is 15.5. The van der Waals surface area contributed by atoms with Gasteiger partial charge in [0.15, 0.2) is 0 Å². The summed E-state index contributed by atoms with van der Waals surface area (Å²) in [5, 5.41) is 2.01. The summed E-state index contributed by atoms with van der Waals surface area (Å²) in [6.07, 6.45) is 0. The van der Waals surface area contributed by atoms with Crippen molar-refractivity contribution < 1.29 is 17.8 Å². The molecule has 11 rings (SSSR count). The van der Waals surface area contributed by atoms with Crippen LogP contribution >= 0.6 is 0 Å². The van der Waals surface area contributed by atoms with Gasteiger partial charge in [-0.1, -0.05) is 206 Å². The van der Waals surface area contributed by atoms with Crippen molar-refractivity contribution in [3.05, 3.63) is 271 Å². The van der Waals surface area contributed by atoms with Crippen LogP contribution in [0, 0.1) is 0 Å². The van der Waals surface area contributed by atoms with E-state index in [1.807, 2.05) is 146 Å². The standard InChI is InChI=1S/C59H41N/c1-4-16-42(17-5-1)43-30-34-50(35-31-43)60(51-36-32-44(33-37-51)46-20-14-21-47(40-46)54-28-15-19-45-18-10-11-26-53(45)54)52-38-39-56-55-27-12-13-29-57(55)59(58(56)41-52,48-22-6-2-7-23-48)49-24-8-3-9-25-49/h1-41H/i1D,4D,5D,16D,17D,30D,31D,32D,33D,34D,35D,36D,37D. The van der Waals surface area contributed by atoms with Crippen molar-refractivity contribution >= 4 is 27.8 Å². The number of benzene rings is 10. The van der Waals surface area contributed by atoms with Crippen LogP contribution in [0.5, 0.6) is 0 Å². The average Bonchev–Trinajstić information content (AvgIpc) is 3.72. The van der Waals surface area contributed by atoms with E-state index in [9.17, 15) is 11.0 Å². The highest BCUT2D eigenvalue weighted by Gasteiger charge is 2.46. The van der Waals surface area contributed by atoms with E-state index in [0.717, 1.165) is 55.3 Å². The van der Waals surface area contributed by atoms with Crippen molar-refractivity contribution in [2.24, 2.45) is 0 Å². The third-order valence-electron chi connectivity index (χ3n) is 11.4. The Labute approximate surface area is 370 Å². The number of anilines is 3. The molecule has 0 spiro atoms. The van der Waals surface area contributed by atoms with E-state index in [0.29, 0.717) is 5.56 Å². The van der Waals surface area contributed by atoms with Crippen LogP contribution in [0.4, 0.5) is 17.1 Å². The van der Waals surface area contributed by atoms with Crippen molar-refractivity contribution in [3.8, 4) is 44.5 Å². The van der Waals surface area contributed by atoms with Gasteiger partial charge in [0.05, 0.1) is 23.2 Å². The first-order chi connectivity index (χ1) is 35.2. The average molecular weight is 777 g/mol. The lowest BCUT2D eigenvalue weighted by Crippen LogP contribution is -2.28. The first-order valence-electron chi connectivity index (χ1n) is 26.2. The van der Waals surface area contributed by atoms with Gasteiger partial charge in [-0.15, -0.1) is 0 Å². The van der Waals surface area contributed by atoms with Gasteiger partial charge in [-0.05, 0) is 120 Å². The van der Waals surface area contributed by atoms with E-state index in [2.05, 4.69) is 6.07 Å². The van der Waals surface area contributed by atoms with Gasteiger partial charge in [0, 0.05) is 17.1 Å². The summed E-state index contributed by atoms with van der Waals surface area (Å²) in [6, 6.07) is 46.1. The molecule has 0 saturated carbocycles. The van der Waals surface area contributed by atoms with Gasteiger partial charge >= 0.3 is 0 Å². The molecule has 0 fully saturated rings. The summed E-state index contributed by atoms with van der Waals surface area (Å²) >= 11 is 0. The van der Waals surface area contributed by atoms with Crippen molar-refractivity contribution in [2.45, 2.75) is 5.41 Å². The van der Waals surface area contributed by atoms with Crippen molar-refractivity contribution in [1.82, 2.24) is 0 Å². The fourth-order valence-corrected chi connectivity index (χ4v) is 8.74. The van der Waals surface area contributed by atoms with E-state index >= 15 is 0 Å². The largest absolute Gasteiger partial charge is 0.310 e. The number of nitrogens with zero attached hydrogens (tertiary/aromatic N) is 1. The van der Waals surface area contributed by atoms with Gasteiger partial charge in [-0.25, -0.2) is 0 Å². The van der Waals surface area contributed by atoms with Gasteiger partial charge in [0.1, 0.15) is 0 Å². The number of fused-ring (bicyclic) bond motifs is 4. The molecule has 0 heterocycles. The molecule has 282 valence electrons. The Morgan fingerprint density at radius 1 is 0.333 bits per heavy atom. The monoisotopic (exact) mass is 776 g/mol. The van der Waals surface area contributed by atoms with Crippen LogP contribution in [0.2, 0.25) is 0 Å². The number of rotatable bonds is 8. The lowest BCUT2D eigenvalue weighted by atomic mass is 9.67. The van der Waals surface area contributed by atoms with E-state index < -0.39 is 101 Å². The maximum atomic E-state index is 9.87. The molecule has 10 aromatic carbocycles. The molecule has 0 amide bonds. The molecule has 0 unspecified atom stereocenters. The summed E-state index contributed by atoms with van der Waals surface area (Å²) in [5.74, 6) is 0. The number of hydrogen-bond donors (Lipinski definition) is 0. The molecule has 0 N–H and O–H groups in total. The fourth-order valence-electron chi connectivity index (χ4n) is 8.74. The topological polar surface area (TPSA) is 3.24 Å². The minimum Gasteiger partial charge on any atom is -0.310 e.